The molecule has 2 saturated heterocycles. The molecule has 0 unspecified atom stereocenters. The van der Waals surface area contributed by atoms with Crippen molar-refractivity contribution >= 4 is 22.7 Å². The molecular weight excluding hydrogens is 448 g/mol. The molecule has 3 heterocycles. The van der Waals surface area contributed by atoms with E-state index >= 15 is 0 Å². The van der Waals surface area contributed by atoms with Gasteiger partial charge in [0.15, 0.2) is 0 Å². The molecule has 2 fully saturated rings. The smallest absolute Gasteiger partial charge is 0.253 e. The molecule has 1 aromatic heterocycles. The number of carbonyl (C=O) groups is 2. The minimum Gasteiger partial charge on any atom is -0.336 e. The van der Waals surface area contributed by atoms with E-state index in [9.17, 15) is 9.59 Å². The second-order valence-corrected chi connectivity index (χ2v) is 9.81. The van der Waals surface area contributed by atoms with Crippen molar-refractivity contribution in [2.45, 2.75) is 13.0 Å². The molecule has 2 amide bonds. The van der Waals surface area contributed by atoms with Crippen molar-refractivity contribution in [3.8, 4) is 5.69 Å². The van der Waals surface area contributed by atoms with Gasteiger partial charge in [0.1, 0.15) is 0 Å². The van der Waals surface area contributed by atoms with Crippen molar-refractivity contribution in [3.63, 3.8) is 0 Å². The molecule has 6 rings (SSSR count). The maximum atomic E-state index is 13.2. The van der Waals surface area contributed by atoms with Crippen molar-refractivity contribution in [2.24, 2.45) is 0 Å². The molecule has 0 atom stereocenters. The third kappa shape index (κ3) is 4.07. The maximum absolute atomic E-state index is 13.2. The summed E-state index contributed by atoms with van der Waals surface area (Å²) in [4.78, 5) is 32.2. The molecule has 182 valence electrons. The van der Waals surface area contributed by atoms with E-state index in [1.54, 1.807) is 0 Å². The number of fused-ring (bicyclic) bond motifs is 1. The highest BCUT2D eigenvalue weighted by Crippen LogP contribution is 2.27. The number of likely N-dealkylation sites (tertiary alicyclic amines) is 1. The van der Waals surface area contributed by atoms with Gasteiger partial charge in [0.25, 0.3) is 11.8 Å². The predicted octanol–water partition coefficient (Wildman–Crippen LogP) is 4.22. The quantitative estimate of drug-likeness (QED) is 0.441. The van der Waals surface area contributed by atoms with Crippen molar-refractivity contribution in [1.29, 1.82) is 0 Å². The Balaban J connectivity index is 1.07. The summed E-state index contributed by atoms with van der Waals surface area (Å²) in [7, 11) is 0. The highest BCUT2D eigenvalue weighted by atomic mass is 16.2. The summed E-state index contributed by atoms with van der Waals surface area (Å²) in [5.74, 6) is 0.199. The second-order valence-electron chi connectivity index (χ2n) is 9.81. The van der Waals surface area contributed by atoms with E-state index < -0.39 is 0 Å². The molecule has 36 heavy (non-hydrogen) atoms. The summed E-state index contributed by atoms with van der Waals surface area (Å²) in [6, 6.07) is 26.2. The zero-order chi connectivity index (χ0) is 24.6. The van der Waals surface area contributed by atoms with Gasteiger partial charge in [-0.1, -0.05) is 36.4 Å². The number of hydrogen-bond acceptors (Lipinski definition) is 3. The number of carbonyl (C=O) groups excluding carboxylic acids is 2. The van der Waals surface area contributed by atoms with Crippen molar-refractivity contribution in [1.82, 2.24) is 19.3 Å². The van der Waals surface area contributed by atoms with Crippen LogP contribution in [0, 0.1) is 6.92 Å². The highest BCUT2D eigenvalue weighted by Gasteiger charge is 2.37. The first kappa shape index (κ1) is 22.6. The zero-order valence-electron chi connectivity index (χ0n) is 20.5. The minimum absolute atomic E-state index is 0.0953. The molecule has 3 aromatic carbocycles. The Hall–Kier alpha value is -3.90. The van der Waals surface area contributed by atoms with Gasteiger partial charge in [0, 0.05) is 73.7 Å². The molecule has 0 bridgehead atoms. The first-order valence-electron chi connectivity index (χ1n) is 12.6. The number of aromatic nitrogens is 1. The first-order chi connectivity index (χ1) is 17.6. The zero-order valence-corrected chi connectivity index (χ0v) is 20.5. The van der Waals surface area contributed by atoms with Crippen LogP contribution in [-0.4, -0.2) is 76.4 Å². The van der Waals surface area contributed by atoms with Crippen LogP contribution < -0.4 is 0 Å². The Bertz CT molecular complexity index is 1400. The third-order valence-corrected chi connectivity index (χ3v) is 7.57. The normalized spacial score (nSPS) is 16.8. The van der Waals surface area contributed by atoms with Gasteiger partial charge in [-0.05, 0) is 55.0 Å². The van der Waals surface area contributed by atoms with E-state index in [0.717, 1.165) is 72.5 Å². The SMILES string of the molecule is Cc1cn(-c2ccccc2)c2ccc(C(=O)N3CC(N4CCN(C(=O)c5ccccc5)CC4)C3)cc12. The van der Waals surface area contributed by atoms with Gasteiger partial charge in [0.05, 0.1) is 5.52 Å². The van der Waals surface area contributed by atoms with Crippen LogP contribution >= 0.6 is 0 Å². The van der Waals surface area contributed by atoms with Crippen LogP contribution in [0.4, 0.5) is 0 Å². The lowest BCUT2D eigenvalue weighted by atomic mass is 10.0. The van der Waals surface area contributed by atoms with Crippen LogP contribution in [0.5, 0.6) is 0 Å². The van der Waals surface area contributed by atoms with Crippen LogP contribution in [0.1, 0.15) is 26.3 Å². The van der Waals surface area contributed by atoms with Crippen LogP contribution in [0.15, 0.2) is 85.1 Å². The lowest BCUT2D eigenvalue weighted by molar-refractivity contribution is 0.00854. The fourth-order valence-electron chi connectivity index (χ4n) is 5.42. The highest BCUT2D eigenvalue weighted by molar-refractivity contribution is 5.99. The van der Waals surface area contributed by atoms with Crippen LogP contribution in [-0.2, 0) is 0 Å². The topological polar surface area (TPSA) is 48.8 Å². The number of piperazine rings is 1. The Labute approximate surface area is 211 Å². The van der Waals surface area contributed by atoms with Crippen molar-refractivity contribution in [3.05, 3.63) is 102 Å². The summed E-state index contributed by atoms with van der Waals surface area (Å²) < 4.78 is 2.18. The number of rotatable bonds is 4. The van der Waals surface area contributed by atoms with Gasteiger partial charge < -0.3 is 14.4 Å². The van der Waals surface area contributed by atoms with Crippen LogP contribution in [0.3, 0.4) is 0 Å². The summed E-state index contributed by atoms with van der Waals surface area (Å²) in [6.45, 7) is 6.74. The van der Waals surface area contributed by atoms with E-state index in [0.29, 0.717) is 6.04 Å². The standard InChI is InChI=1S/C30H30N4O2/c1-22-19-34(25-10-6-3-7-11-25)28-13-12-24(18-27(22)28)30(36)33-20-26(21-33)31-14-16-32(17-15-31)29(35)23-8-4-2-5-9-23/h2-13,18-19,26H,14-17,20-21H2,1H3. The monoisotopic (exact) mass is 478 g/mol. The van der Waals surface area contributed by atoms with Crippen LogP contribution in [0.2, 0.25) is 0 Å². The summed E-state index contributed by atoms with van der Waals surface area (Å²) >= 11 is 0. The predicted molar refractivity (Wildman–Crippen MR) is 142 cm³/mol. The Morgan fingerprint density at radius 2 is 1.36 bits per heavy atom. The van der Waals surface area contributed by atoms with E-state index in [1.165, 1.54) is 0 Å². The lowest BCUT2D eigenvalue weighted by Crippen LogP contribution is -2.64. The Kier molecular flexibility index (Phi) is 5.82. The van der Waals surface area contributed by atoms with E-state index in [-0.39, 0.29) is 11.8 Å². The molecule has 0 spiro atoms. The van der Waals surface area contributed by atoms with Gasteiger partial charge in [0.2, 0.25) is 0 Å². The molecule has 0 N–H and O–H groups in total. The average molecular weight is 479 g/mol. The molecule has 4 aromatic rings. The molecule has 6 nitrogen and oxygen atoms in total. The lowest BCUT2D eigenvalue weighted by Gasteiger charge is -2.48. The molecule has 0 radical (unpaired) electrons. The van der Waals surface area contributed by atoms with Gasteiger partial charge in [-0.25, -0.2) is 0 Å². The number of aryl methyl sites for hydroxylation is 1. The minimum atomic E-state index is 0.0953. The molecule has 0 aliphatic carbocycles. The second kappa shape index (κ2) is 9.28. The van der Waals surface area contributed by atoms with Gasteiger partial charge in [-0.15, -0.1) is 0 Å². The summed E-state index contributed by atoms with van der Waals surface area (Å²) in [6.07, 6.45) is 2.14. The van der Waals surface area contributed by atoms with Crippen molar-refractivity contribution in [2.75, 3.05) is 39.3 Å². The Morgan fingerprint density at radius 1 is 0.722 bits per heavy atom. The first-order valence-corrected chi connectivity index (χ1v) is 12.6. The Morgan fingerprint density at radius 3 is 2.06 bits per heavy atom. The van der Waals surface area contributed by atoms with Gasteiger partial charge >= 0.3 is 0 Å². The van der Waals surface area contributed by atoms with Gasteiger partial charge in [-0.3, -0.25) is 14.5 Å². The fourth-order valence-corrected chi connectivity index (χ4v) is 5.42. The third-order valence-electron chi connectivity index (χ3n) is 7.57. The molecule has 2 aliphatic heterocycles. The van der Waals surface area contributed by atoms with E-state index in [1.807, 2.05) is 70.5 Å². The van der Waals surface area contributed by atoms with E-state index in [4.69, 9.17) is 0 Å². The largest absolute Gasteiger partial charge is 0.336 e. The molecule has 6 heteroatoms. The average Bonchev–Trinajstić information content (AvgIpc) is 3.24. The number of nitrogens with zero attached hydrogens (tertiary/aromatic N) is 4. The van der Waals surface area contributed by atoms with Crippen molar-refractivity contribution < 1.29 is 9.59 Å². The summed E-state index contributed by atoms with van der Waals surface area (Å²) in [5.41, 5.74) is 4.88. The number of amides is 2. The van der Waals surface area contributed by atoms with E-state index in [2.05, 4.69) is 40.8 Å². The molecule has 0 saturated carbocycles. The fraction of sp³-hybridized carbons (Fsp3) is 0.267. The molecular formula is C30H30N4O2. The number of benzene rings is 3. The number of para-hydroxylation sites is 1. The number of hydrogen-bond donors (Lipinski definition) is 0. The maximum Gasteiger partial charge on any atom is 0.253 e. The molecule has 2 aliphatic rings. The summed E-state index contributed by atoms with van der Waals surface area (Å²) in [5, 5.41) is 1.11. The van der Waals surface area contributed by atoms with Gasteiger partial charge in [-0.2, -0.15) is 0 Å². The van der Waals surface area contributed by atoms with Crippen LogP contribution in [0.25, 0.3) is 16.6 Å².